The molecule has 3 nitrogen and oxygen atoms in total. The van der Waals surface area contributed by atoms with Gasteiger partial charge in [-0.15, -0.1) is 0 Å². The predicted octanol–water partition coefficient (Wildman–Crippen LogP) is 3.89. The third-order valence-corrected chi connectivity index (χ3v) is 2.82. The van der Waals surface area contributed by atoms with Gasteiger partial charge in [0.05, 0.1) is 18.2 Å². The zero-order chi connectivity index (χ0) is 15.5. The van der Waals surface area contributed by atoms with E-state index in [0.29, 0.717) is 6.07 Å². The maximum atomic E-state index is 12.8. The first-order valence-corrected chi connectivity index (χ1v) is 5.71. The highest BCUT2D eigenvalue weighted by atomic mass is 32.2. The second-order valence-electron chi connectivity index (χ2n) is 3.39. The van der Waals surface area contributed by atoms with Crippen LogP contribution in [0.1, 0.15) is 27.9 Å². The third-order valence-electron chi connectivity index (χ3n) is 2.12. The molecule has 1 aromatic carbocycles. The zero-order valence-corrected chi connectivity index (χ0v) is 10.6. The second kappa shape index (κ2) is 6.09. The van der Waals surface area contributed by atoms with E-state index in [9.17, 15) is 26.7 Å². The van der Waals surface area contributed by atoms with Gasteiger partial charge in [0.25, 0.3) is 6.43 Å². The van der Waals surface area contributed by atoms with Crippen molar-refractivity contribution in [2.75, 3.05) is 7.11 Å². The summed E-state index contributed by atoms with van der Waals surface area (Å²) in [6.07, 6.45) is -3.22. The fourth-order valence-electron chi connectivity index (χ4n) is 1.42. The van der Waals surface area contributed by atoms with Gasteiger partial charge >= 0.3 is 11.5 Å². The van der Waals surface area contributed by atoms with E-state index in [0.717, 1.165) is 13.2 Å². The summed E-state index contributed by atoms with van der Waals surface area (Å²) in [7, 11) is 0.914. The minimum absolute atomic E-state index is 0.524. The van der Waals surface area contributed by atoms with Crippen LogP contribution in [0.15, 0.2) is 17.0 Å². The molecule has 0 saturated heterocycles. The number of carbonyl (C=O) groups is 1. The van der Waals surface area contributed by atoms with Crippen LogP contribution in [0.4, 0.5) is 22.0 Å². The number of hydrogen-bond donors (Lipinski definition) is 0. The molecule has 9 heteroatoms. The van der Waals surface area contributed by atoms with Crippen LogP contribution in [0, 0.1) is 11.3 Å². The largest absolute Gasteiger partial charge is 0.465 e. The van der Waals surface area contributed by atoms with Crippen molar-refractivity contribution in [1.82, 2.24) is 0 Å². The van der Waals surface area contributed by atoms with Gasteiger partial charge in [0.2, 0.25) is 0 Å². The van der Waals surface area contributed by atoms with E-state index in [1.165, 1.54) is 6.07 Å². The number of nitrogens with zero attached hydrogens (tertiary/aromatic N) is 1. The molecule has 1 aromatic rings. The van der Waals surface area contributed by atoms with Crippen LogP contribution in [-0.2, 0) is 4.74 Å². The van der Waals surface area contributed by atoms with Crippen molar-refractivity contribution in [2.24, 2.45) is 0 Å². The number of methoxy groups -OCH3 is 1. The maximum absolute atomic E-state index is 12.8. The number of alkyl halides is 5. The molecule has 0 spiro atoms. The maximum Gasteiger partial charge on any atom is 0.446 e. The lowest BCUT2D eigenvalue weighted by Crippen LogP contribution is -2.10. The lowest BCUT2D eigenvalue weighted by Gasteiger charge is -2.12. The van der Waals surface area contributed by atoms with Crippen molar-refractivity contribution in [2.45, 2.75) is 16.8 Å². The normalized spacial score (nSPS) is 11.3. The van der Waals surface area contributed by atoms with Crippen LogP contribution in [0.5, 0.6) is 0 Å². The zero-order valence-electron chi connectivity index (χ0n) is 9.79. The van der Waals surface area contributed by atoms with Gasteiger partial charge in [0.15, 0.2) is 0 Å². The number of rotatable bonds is 3. The van der Waals surface area contributed by atoms with E-state index < -0.39 is 51.3 Å². The molecule has 0 aliphatic carbocycles. The van der Waals surface area contributed by atoms with Gasteiger partial charge in [-0.05, 0) is 23.9 Å². The average molecular weight is 311 g/mol. The van der Waals surface area contributed by atoms with E-state index in [4.69, 9.17) is 5.26 Å². The summed E-state index contributed by atoms with van der Waals surface area (Å²) in [4.78, 5) is 10.8. The Kier molecular flexibility index (Phi) is 4.94. The Hall–Kier alpha value is -1.82. The van der Waals surface area contributed by atoms with Crippen molar-refractivity contribution in [3.63, 3.8) is 0 Å². The molecular formula is C11H6F5NO2S. The molecule has 0 N–H and O–H groups in total. The minimum atomic E-state index is -4.70. The Morgan fingerprint density at radius 2 is 2.00 bits per heavy atom. The number of thioether (sulfide) groups is 1. The fraction of sp³-hybridized carbons (Fsp3) is 0.273. The quantitative estimate of drug-likeness (QED) is 0.483. The molecule has 0 saturated carbocycles. The van der Waals surface area contributed by atoms with E-state index in [1.54, 1.807) is 0 Å². The Balaban J connectivity index is 3.47. The Morgan fingerprint density at radius 1 is 1.40 bits per heavy atom. The molecule has 0 aliphatic rings. The molecule has 0 heterocycles. The molecule has 0 fully saturated rings. The molecule has 108 valence electrons. The van der Waals surface area contributed by atoms with Crippen LogP contribution in [0.25, 0.3) is 0 Å². The lowest BCUT2D eigenvalue weighted by molar-refractivity contribution is -0.0328. The first-order valence-electron chi connectivity index (χ1n) is 4.90. The first-order chi connectivity index (χ1) is 9.19. The predicted molar refractivity (Wildman–Crippen MR) is 59.4 cm³/mol. The molecule has 1 rings (SSSR count). The van der Waals surface area contributed by atoms with Crippen molar-refractivity contribution in [3.8, 4) is 6.07 Å². The SMILES string of the molecule is COC(=O)c1c(C#N)cc(SC(F)(F)F)cc1C(F)F. The number of esters is 1. The highest BCUT2D eigenvalue weighted by Gasteiger charge is 2.32. The van der Waals surface area contributed by atoms with Gasteiger partial charge in [-0.3, -0.25) is 0 Å². The molecule has 0 unspecified atom stereocenters. The van der Waals surface area contributed by atoms with Gasteiger partial charge in [-0.1, -0.05) is 0 Å². The van der Waals surface area contributed by atoms with Gasteiger partial charge < -0.3 is 4.74 Å². The highest BCUT2D eigenvalue weighted by molar-refractivity contribution is 8.00. The van der Waals surface area contributed by atoms with Crippen LogP contribution < -0.4 is 0 Å². The summed E-state index contributed by atoms with van der Waals surface area (Å²) in [5, 5.41) is 8.80. The van der Waals surface area contributed by atoms with Gasteiger partial charge in [-0.25, -0.2) is 13.6 Å². The number of carbonyl (C=O) groups excluding carboxylic acids is 1. The molecule has 0 atom stereocenters. The number of nitriles is 1. The van der Waals surface area contributed by atoms with Crippen molar-refractivity contribution >= 4 is 17.7 Å². The van der Waals surface area contributed by atoms with Crippen LogP contribution in [0.3, 0.4) is 0 Å². The summed E-state index contributed by atoms with van der Waals surface area (Å²) in [6.45, 7) is 0. The van der Waals surface area contributed by atoms with Crippen molar-refractivity contribution in [3.05, 3.63) is 28.8 Å². The van der Waals surface area contributed by atoms with Crippen molar-refractivity contribution < 1.29 is 31.5 Å². The Labute approximate surface area is 114 Å². The monoisotopic (exact) mass is 311 g/mol. The van der Waals surface area contributed by atoms with Crippen LogP contribution >= 0.6 is 11.8 Å². The molecule has 20 heavy (non-hydrogen) atoms. The fourth-order valence-corrected chi connectivity index (χ4v) is 2.05. The number of benzene rings is 1. The summed E-state index contributed by atoms with van der Waals surface area (Å²) < 4.78 is 66.7. The smallest absolute Gasteiger partial charge is 0.446 e. The van der Waals surface area contributed by atoms with E-state index in [-0.39, 0.29) is 0 Å². The summed E-state index contributed by atoms with van der Waals surface area (Å²) >= 11 is -0.647. The minimum Gasteiger partial charge on any atom is -0.465 e. The average Bonchev–Trinajstić information content (AvgIpc) is 2.34. The number of hydrogen-bond acceptors (Lipinski definition) is 4. The molecule has 0 aromatic heterocycles. The molecule has 0 bridgehead atoms. The van der Waals surface area contributed by atoms with E-state index in [1.807, 2.05) is 0 Å². The number of ether oxygens (including phenoxy) is 1. The van der Waals surface area contributed by atoms with E-state index in [2.05, 4.69) is 4.74 Å². The molecular weight excluding hydrogens is 305 g/mol. The summed E-state index contributed by atoms with van der Waals surface area (Å²) in [5.74, 6) is -1.21. The molecule has 0 aliphatic heterocycles. The van der Waals surface area contributed by atoms with Crippen LogP contribution in [0.2, 0.25) is 0 Å². The Morgan fingerprint density at radius 3 is 2.40 bits per heavy atom. The van der Waals surface area contributed by atoms with Crippen LogP contribution in [-0.4, -0.2) is 18.6 Å². The highest BCUT2D eigenvalue weighted by Crippen LogP contribution is 2.39. The van der Waals surface area contributed by atoms with Gasteiger partial charge in [-0.2, -0.15) is 18.4 Å². The lowest BCUT2D eigenvalue weighted by atomic mass is 10.0. The summed E-state index contributed by atoms with van der Waals surface area (Å²) in [5.41, 5.74) is -6.99. The van der Waals surface area contributed by atoms with Gasteiger partial charge in [0.1, 0.15) is 6.07 Å². The Bertz CT molecular complexity index is 565. The first kappa shape index (κ1) is 16.2. The third kappa shape index (κ3) is 3.84. The van der Waals surface area contributed by atoms with Gasteiger partial charge in [0, 0.05) is 10.5 Å². The summed E-state index contributed by atoms with van der Waals surface area (Å²) in [6, 6.07) is 2.66. The topological polar surface area (TPSA) is 50.1 Å². The van der Waals surface area contributed by atoms with E-state index >= 15 is 0 Å². The molecule has 0 radical (unpaired) electrons. The number of halogens is 5. The standard InChI is InChI=1S/C11H6F5NO2S/c1-19-10(18)8-5(4-17)2-6(20-11(14,15)16)3-7(8)9(12)13/h2-3,9H,1H3. The second-order valence-corrected chi connectivity index (χ2v) is 4.53. The van der Waals surface area contributed by atoms with Crippen molar-refractivity contribution in [1.29, 1.82) is 5.26 Å². The molecule has 0 amide bonds.